The van der Waals surface area contributed by atoms with Gasteiger partial charge in [-0.15, -0.1) is 0 Å². The van der Waals surface area contributed by atoms with Crippen LogP contribution in [0.3, 0.4) is 0 Å². The summed E-state index contributed by atoms with van der Waals surface area (Å²) >= 11 is 0. The Hall–Kier alpha value is -2.68. The maximum atomic E-state index is 5.89. The number of rotatable bonds is 12. The number of nitrogens with two attached hydrogens (primary N) is 1. The van der Waals surface area contributed by atoms with Crippen molar-refractivity contribution in [3.8, 4) is 11.3 Å². The number of hydrogen-bond acceptors (Lipinski definition) is 3. The molecule has 2 aromatic carbocycles. The third-order valence-corrected chi connectivity index (χ3v) is 5.93. The first-order valence-corrected chi connectivity index (χ1v) is 11.9. The minimum atomic E-state index is 0.378. The zero-order valence-corrected chi connectivity index (χ0v) is 19.2. The van der Waals surface area contributed by atoms with Crippen LogP contribution in [-0.2, 0) is 12.8 Å². The predicted octanol–water partition coefficient (Wildman–Crippen LogP) is 7.37. The van der Waals surface area contributed by atoms with Crippen LogP contribution in [0.5, 0.6) is 0 Å². The number of aromatic nitrogens is 2. The average Bonchev–Trinajstić information content (AvgIpc) is 2.80. The van der Waals surface area contributed by atoms with Gasteiger partial charge in [0.2, 0.25) is 0 Å². The topological polar surface area (TPSA) is 51.8 Å². The second kappa shape index (κ2) is 12.2. The van der Waals surface area contributed by atoms with Gasteiger partial charge in [0, 0.05) is 22.9 Å². The largest absolute Gasteiger partial charge is 0.399 e. The highest BCUT2D eigenvalue weighted by Gasteiger charge is 2.13. The summed E-state index contributed by atoms with van der Waals surface area (Å²) in [6.45, 7) is 4.54. The summed E-state index contributed by atoms with van der Waals surface area (Å²) in [5.41, 5.74) is 11.3. The van der Waals surface area contributed by atoms with Gasteiger partial charge in [0.05, 0.1) is 5.69 Å². The Morgan fingerprint density at radius 2 is 1.55 bits per heavy atom. The van der Waals surface area contributed by atoms with Crippen LogP contribution in [0.25, 0.3) is 11.3 Å². The van der Waals surface area contributed by atoms with E-state index in [-0.39, 0.29) is 0 Å². The number of benzene rings is 2. The maximum Gasteiger partial charge on any atom is 0.132 e. The molecule has 0 aliphatic heterocycles. The number of nitrogen functional groups attached to an aromatic ring is 1. The van der Waals surface area contributed by atoms with Crippen LogP contribution >= 0.6 is 0 Å². The molecule has 0 amide bonds. The zero-order valence-electron chi connectivity index (χ0n) is 19.2. The first-order chi connectivity index (χ1) is 15.2. The van der Waals surface area contributed by atoms with E-state index >= 15 is 0 Å². The van der Waals surface area contributed by atoms with Crippen molar-refractivity contribution in [1.29, 1.82) is 0 Å². The molecule has 1 heterocycles. The van der Waals surface area contributed by atoms with Gasteiger partial charge in [-0.25, -0.2) is 9.97 Å². The fourth-order valence-corrected chi connectivity index (χ4v) is 3.97. The Bertz CT molecular complexity index is 903. The quantitative estimate of drug-likeness (QED) is 0.248. The molecule has 3 nitrogen and oxygen atoms in total. The van der Waals surface area contributed by atoms with E-state index in [0.717, 1.165) is 54.1 Å². The van der Waals surface area contributed by atoms with Crippen molar-refractivity contribution in [2.75, 3.05) is 5.73 Å². The second-order valence-corrected chi connectivity index (χ2v) is 8.67. The lowest BCUT2D eigenvalue weighted by Gasteiger charge is -2.14. The van der Waals surface area contributed by atoms with Gasteiger partial charge in [-0.3, -0.25) is 0 Å². The Balaban J connectivity index is 1.72. The van der Waals surface area contributed by atoms with Crippen molar-refractivity contribution in [2.45, 2.75) is 77.6 Å². The summed E-state index contributed by atoms with van der Waals surface area (Å²) in [7, 11) is 0. The number of anilines is 1. The Morgan fingerprint density at radius 3 is 2.29 bits per heavy atom. The molecular weight excluding hydrogens is 378 g/mol. The SMILES string of the molecule is CCCCCCCC(C)c1nc(CCCc2ccccc2)cc(-c2ccc(N)cc2)n1. The molecule has 3 rings (SSSR count). The van der Waals surface area contributed by atoms with Gasteiger partial charge in [0.15, 0.2) is 0 Å². The normalized spacial score (nSPS) is 12.1. The van der Waals surface area contributed by atoms with Gasteiger partial charge in [-0.2, -0.15) is 0 Å². The highest BCUT2D eigenvalue weighted by molar-refractivity contribution is 5.62. The highest BCUT2D eigenvalue weighted by Crippen LogP contribution is 2.25. The van der Waals surface area contributed by atoms with Gasteiger partial charge in [-0.05, 0) is 49.4 Å². The van der Waals surface area contributed by atoms with Crippen LogP contribution in [0.1, 0.15) is 81.8 Å². The first kappa shape index (κ1) is 23.0. The summed E-state index contributed by atoms with van der Waals surface area (Å²) in [6.07, 6.45) is 10.8. The molecule has 0 saturated carbocycles. The average molecular weight is 416 g/mol. The molecule has 0 aliphatic carbocycles. The lowest BCUT2D eigenvalue weighted by atomic mass is 10.00. The molecule has 0 bridgehead atoms. The van der Waals surface area contributed by atoms with Crippen LogP contribution in [0, 0.1) is 0 Å². The van der Waals surface area contributed by atoms with E-state index in [1.165, 1.54) is 37.7 Å². The predicted molar refractivity (Wildman–Crippen MR) is 132 cm³/mol. The van der Waals surface area contributed by atoms with Crippen LogP contribution in [0.4, 0.5) is 5.69 Å². The number of nitrogens with zero attached hydrogens (tertiary/aromatic N) is 2. The third kappa shape index (κ3) is 7.50. The molecule has 0 spiro atoms. The van der Waals surface area contributed by atoms with E-state index in [4.69, 9.17) is 15.7 Å². The Labute approximate surface area is 188 Å². The molecule has 1 unspecified atom stereocenters. The maximum absolute atomic E-state index is 5.89. The van der Waals surface area contributed by atoms with Crippen LogP contribution in [0.2, 0.25) is 0 Å². The van der Waals surface area contributed by atoms with E-state index in [0.29, 0.717) is 5.92 Å². The highest BCUT2D eigenvalue weighted by atomic mass is 14.9. The molecule has 0 aliphatic rings. The van der Waals surface area contributed by atoms with Crippen LogP contribution in [0.15, 0.2) is 60.7 Å². The first-order valence-electron chi connectivity index (χ1n) is 11.9. The van der Waals surface area contributed by atoms with E-state index in [9.17, 15) is 0 Å². The molecule has 31 heavy (non-hydrogen) atoms. The monoisotopic (exact) mass is 415 g/mol. The minimum Gasteiger partial charge on any atom is -0.399 e. The fraction of sp³-hybridized carbons (Fsp3) is 0.429. The minimum absolute atomic E-state index is 0.378. The third-order valence-electron chi connectivity index (χ3n) is 5.93. The molecule has 0 radical (unpaired) electrons. The van der Waals surface area contributed by atoms with Gasteiger partial charge >= 0.3 is 0 Å². The lowest BCUT2D eigenvalue weighted by molar-refractivity contribution is 0.550. The number of unbranched alkanes of at least 4 members (excludes halogenated alkanes) is 4. The molecule has 3 aromatic rings. The zero-order chi connectivity index (χ0) is 21.9. The molecule has 0 fully saturated rings. The van der Waals surface area contributed by atoms with E-state index in [1.807, 2.05) is 12.1 Å². The second-order valence-electron chi connectivity index (χ2n) is 8.67. The van der Waals surface area contributed by atoms with Gasteiger partial charge in [-0.1, -0.05) is 88.4 Å². The molecular formula is C28H37N3. The molecule has 1 aromatic heterocycles. The fourth-order valence-electron chi connectivity index (χ4n) is 3.97. The Morgan fingerprint density at radius 1 is 0.806 bits per heavy atom. The Kier molecular flexibility index (Phi) is 9.08. The summed E-state index contributed by atoms with van der Waals surface area (Å²) in [4.78, 5) is 9.95. The number of hydrogen-bond donors (Lipinski definition) is 1. The lowest BCUT2D eigenvalue weighted by Crippen LogP contribution is -2.06. The summed E-state index contributed by atoms with van der Waals surface area (Å²) in [5, 5.41) is 0. The standard InChI is InChI=1S/C28H37N3/c1-3-4-5-6-8-12-22(2)28-30-26(16-11-15-23-13-9-7-10-14-23)21-27(31-28)24-17-19-25(29)20-18-24/h7,9-10,13-14,17-22H,3-6,8,11-12,15-16,29H2,1-2H3. The van der Waals surface area contributed by atoms with Gasteiger partial charge in [0.1, 0.15) is 5.82 Å². The van der Waals surface area contributed by atoms with Gasteiger partial charge in [0.25, 0.3) is 0 Å². The van der Waals surface area contributed by atoms with Crippen molar-refractivity contribution in [3.05, 3.63) is 77.7 Å². The smallest absolute Gasteiger partial charge is 0.132 e. The van der Waals surface area contributed by atoms with Crippen molar-refractivity contribution in [3.63, 3.8) is 0 Å². The summed E-state index contributed by atoms with van der Waals surface area (Å²) in [6, 6.07) is 20.9. The van der Waals surface area contributed by atoms with Crippen molar-refractivity contribution in [2.24, 2.45) is 0 Å². The van der Waals surface area contributed by atoms with Crippen LogP contribution in [-0.4, -0.2) is 9.97 Å². The molecule has 3 heteroatoms. The van der Waals surface area contributed by atoms with Crippen molar-refractivity contribution < 1.29 is 0 Å². The molecule has 164 valence electrons. The van der Waals surface area contributed by atoms with Crippen LogP contribution < -0.4 is 5.73 Å². The van der Waals surface area contributed by atoms with E-state index in [2.05, 4.69) is 62.4 Å². The van der Waals surface area contributed by atoms with E-state index in [1.54, 1.807) is 0 Å². The van der Waals surface area contributed by atoms with Gasteiger partial charge < -0.3 is 5.73 Å². The number of aryl methyl sites for hydroxylation is 2. The van der Waals surface area contributed by atoms with Crippen molar-refractivity contribution in [1.82, 2.24) is 9.97 Å². The summed E-state index contributed by atoms with van der Waals surface area (Å²) in [5.74, 6) is 1.36. The summed E-state index contributed by atoms with van der Waals surface area (Å²) < 4.78 is 0. The molecule has 0 saturated heterocycles. The molecule has 2 N–H and O–H groups in total. The van der Waals surface area contributed by atoms with E-state index < -0.39 is 0 Å². The van der Waals surface area contributed by atoms with Crippen molar-refractivity contribution >= 4 is 5.69 Å². The molecule has 1 atom stereocenters.